The second-order valence-electron chi connectivity index (χ2n) is 7.22. The van der Waals surface area contributed by atoms with Crippen LogP contribution >= 0.6 is 0 Å². The van der Waals surface area contributed by atoms with Gasteiger partial charge in [-0.3, -0.25) is 14.8 Å². The van der Waals surface area contributed by atoms with Crippen molar-refractivity contribution in [1.29, 1.82) is 0 Å². The van der Waals surface area contributed by atoms with E-state index in [1.165, 1.54) is 11.1 Å². The molecule has 2 aromatic heterocycles. The van der Waals surface area contributed by atoms with Gasteiger partial charge in [0.1, 0.15) is 0 Å². The minimum absolute atomic E-state index is 0.0966. The lowest BCUT2D eigenvalue weighted by Gasteiger charge is -2.54. The normalized spacial score (nSPS) is 23.6. The fraction of sp³-hybridized carbons (Fsp3) is 0.227. The summed E-state index contributed by atoms with van der Waals surface area (Å²) in [5.74, 6) is 0.564. The van der Waals surface area contributed by atoms with Crippen LogP contribution in [0.25, 0.3) is 11.1 Å². The van der Waals surface area contributed by atoms with Crippen molar-refractivity contribution in [3.8, 4) is 11.1 Å². The number of benzene rings is 1. The summed E-state index contributed by atoms with van der Waals surface area (Å²) in [5, 5.41) is 3.59. The molecule has 1 amide bonds. The van der Waals surface area contributed by atoms with E-state index in [1.54, 1.807) is 30.7 Å². The predicted octanol–water partition coefficient (Wildman–Crippen LogP) is 2.72. The highest BCUT2D eigenvalue weighted by atomic mass is 16.2. The number of piperidine rings is 1. The molecule has 3 fully saturated rings. The van der Waals surface area contributed by atoms with Crippen LogP contribution in [0.2, 0.25) is 0 Å². The van der Waals surface area contributed by atoms with Gasteiger partial charge in [-0.25, -0.2) is 0 Å². The third kappa shape index (κ3) is 2.90. The van der Waals surface area contributed by atoms with Crippen molar-refractivity contribution < 1.29 is 4.79 Å². The molecule has 5 heteroatoms. The highest BCUT2D eigenvalue weighted by Crippen LogP contribution is 2.37. The summed E-state index contributed by atoms with van der Waals surface area (Å²) < 4.78 is 0. The molecule has 27 heavy (non-hydrogen) atoms. The Bertz CT molecular complexity index is 931. The molecule has 2 bridgehead atoms. The van der Waals surface area contributed by atoms with Gasteiger partial charge in [-0.15, -0.1) is 0 Å². The number of rotatable bonds is 3. The number of piperazine rings is 1. The van der Waals surface area contributed by atoms with Crippen LogP contribution in [-0.4, -0.2) is 45.9 Å². The van der Waals surface area contributed by atoms with Crippen LogP contribution in [0.5, 0.6) is 0 Å². The highest BCUT2D eigenvalue weighted by Gasteiger charge is 2.48. The Labute approximate surface area is 158 Å². The van der Waals surface area contributed by atoms with E-state index in [0.717, 1.165) is 18.7 Å². The molecule has 1 aromatic carbocycles. The number of pyridine rings is 2. The van der Waals surface area contributed by atoms with Crippen LogP contribution in [0.3, 0.4) is 0 Å². The first kappa shape index (κ1) is 16.1. The molecule has 1 unspecified atom stereocenters. The molecule has 0 radical (unpaired) electrons. The van der Waals surface area contributed by atoms with Gasteiger partial charge < -0.3 is 10.2 Å². The number of nitrogens with one attached hydrogen (secondary N) is 1. The van der Waals surface area contributed by atoms with E-state index in [4.69, 9.17) is 0 Å². The molecule has 5 nitrogen and oxygen atoms in total. The van der Waals surface area contributed by atoms with Crippen LogP contribution in [0.4, 0.5) is 0 Å². The van der Waals surface area contributed by atoms with E-state index in [0.29, 0.717) is 23.6 Å². The number of hydrogen-bond acceptors (Lipinski definition) is 4. The Morgan fingerprint density at radius 2 is 1.63 bits per heavy atom. The summed E-state index contributed by atoms with van der Waals surface area (Å²) >= 11 is 0. The van der Waals surface area contributed by atoms with Gasteiger partial charge >= 0.3 is 0 Å². The van der Waals surface area contributed by atoms with Crippen LogP contribution in [-0.2, 0) is 0 Å². The lowest BCUT2D eigenvalue weighted by Crippen LogP contribution is -2.72. The van der Waals surface area contributed by atoms with E-state index in [2.05, 4.69) is 45.6 Å². The lowest BCUT2D eigenvalue weighted by atomic mass is 9.74. The standard InChI is InChI=1S/C22H20N4O/c27-22(17-7-10-23-11-8-17)26-13-19-21(20(14-26)25-19)16-5-3-15(4-6-16)18-2-1-9-24-12-18/h1-12,19-21,25H,13-14H2/t19-,20+,21?. The first-order valence-electron chi connectivity index (χ1n) is 9.25. The van der Waals surface area contributed by atoms with Crippen LogP contribution < -0.4 is 5.32 Å². The average molecular weight is 356 g/mol. The number of carbonyl (C=O) groups excluding carboxylic acids is 1. The van der Waals surface area contributed by atoms with Gasteiger partial charge in [-0.1, -0.05) is 30.3 Å². The molecule has 3 aromatic rings. The number of nitrogens with zero attached hydrogens (tertiary/aromatic N) is 3. The zero-order valence-electron chi connectivity index (χ0n) is 14.8. The fourth-order valence-corrected chi connectivity index (χ4v) is 4.26. The van der Waals surface area contributed by atoms with Gasteiger partial charge in [-0.05, 0) is 34.9 Å². The Morgan fingerprint density at radius 1 is 0.889 bits per heavy atom. The van der Waals surface area contributed by atoms with E-state index in [1.807, 2.05) is 17.2 Å². The maximum Gasteiger partial charge on any atom is 0.254 e. The highest BCUT2D eigenvalue weighted by molar-refractivity contribution is 5.94. The number of carbonyl (C=O) groups is 1. The molecule has 3 aliphatic rings. The first-order chi connectivity index (χ1) is 13.3. The first-order valence-corrected chi connectivity index (χ1v) is 9.25. The van der Waals surface area contributed by atoms with Crippen molar-refractivity contribution in [3.63, 3.8) is 0 Å². The predicted molar refractivity (Wildman–Crippen MR) is 103 cm³/mol. The molecule has 6 rings (SSSR count). The van der Waals surface area contributed by atoms with Gasteiger partial charge in [0.25, 0.3) is 5.91 Å². The Morgan fingerprint density at radius 3 is 2.30 bits per heavy atom. The molecular weight excluding hydrogens is 336 g/mol. The molecule has 0 aliphatic carbocycles. The maximum atomic E-state index is 12.7. The summed E-state index contributed by atoms with van der Waals surface area (Å²) in [4.78, 5) is 22.8. The van der Waals surface area contributed by atoms with Crippen molar-refractivity contribution in [3.05, 3.63) is 84.4 Å². The second-order valence-corrected chi connectivity index (χ2v) is 7.22. The van der Waals surface area contributed by atoms with Crippen molar-refractivity contribution >= 4 is 5.91 Å². The van der Waals surface area contributed by atoms with Gasteiger partial charge in [0, 0.05) is 61.4 Å². The van der Waals surface area contributed by atoms with Crippen molar-refractivity contribution in [2.45, 2.75) is 18.0 Å². The van der Waals surface area contributed by atoms with Gasteiger partial charge in [0.05, 0.1) is 0 Å². The molecule has 5 heterocycles. The third-order valence-corrected chi connectivity index (χ3v) is 5.63. The summed E-state index contributed by atoms with van der Waals surface area (Å²) in [6, 6.07) is 17.0. The van der Waals surface area contributed by atoms with E-state index in [-0.39, 0.29) is 5.91 Å². The zero-order valence-corrected chi connectivity index (χ0v) is 14.8. The van der Waals surface area contributed by atoms with Gasteiger partial charge in [0.2, 0.25) is 0 Å². The molecular formula is C22H20N4O. The number of amides is 1. The largest absolute Gasteiger partial charge is 0.335 e. The second kappa shape index (κ2) is 6.59. The molecule has 3 saturated heterocycles. The van der Waals surface area contributed by atoms with Crippen molar-refractivity contribution in [1.82, 2.24) is 20.2 Å². The average Bonchev–Trinajstić information content (AvgIpc) is 2.75. The smallest absolute Gasteiger partial charge is 0.254 e. The monoisotopic (exact) mass is 356 g/mol. The van der Waals surface area contributed by atoms with E-state index >= 15 is 0 Å². The molecule has 1 N–H and O–H groups in total. The lowest BCUT2D eigenvalue weighted by molar-refractivity contribution is 0.0367. The van der Waals surface area contributed by atoms with E-state index in [9.17, 15) is 4.79 Å². The fourth-order valence-electron chi connectivity index (χ4n) is 4.26. The molecule has 0 spiro atoms. The van der Waals surface area contributed by atoms with Gasteiger partial charge in [-0.2, -0.15) is 0 Å². The molecule has 0 saturated carbocycles. The Kier molecular flexibility index (Phi) is 3.94. The van der Waals surface area contributed by atoms with Crippen molar-refractivity contribution in [2.24, 2.45) is 0 Å². The van der Waals surface area contributed by atoms with Gasteiger partial charge in [0.15, 0.2) is 0 Å². The third-order valence-electron chi connectivity index (χ3n) is 5.63. The van der Waals surface area contributed by atoms with Crippen molar-refractivity contribution in [2.75, 3.05) is 13.1 Å². The SMILES string of the molecule is O=C(c1ccncc1)N1C[C@@H]2N[C@H](C1)C2c1ccc(-c2cccnc2)cc1. The summed E-state index contributed by atoms with van der Waals surface area (Å²) in [6.45, 7) is 1.49. The van der Waals surface area contributed by atoms with Crippen LogP contribution in [0.1, 0.15) is 21.8 Å². The molecule has 3 atom stereocenters. The summed E-state index contributed by atoms with van der Waals surface area (Å²) in [7, 11) is 0. The Hall–Kier alpha value is -3.05. The molecule has 134 valence electrons. The van der Waals surface area contributed by atoms with Crippen LogP contribution in [0.15, 0.2) is 73.3 Å². The van der Waals surface area contributed by atoms with E-state index < -0.39 is 0 Å². The topological polar surface area (TPSA) is 58.1 Å². The Balaban J connectivity index is 1.30. The number of hydrogen-bond donors (Lipinski definition) is 1. The minimum atomic E-state index is 0.0966. The maximum absolute atomic E-state index is 12.7. The molecule has 3 aliphatic heterocycles. The quantitative estimate of drug-likeness (QED) is 0.784. The number of aromatic nitrogens is 2. The number of fused-ring (bicyclic) bond motifs is 2. The summed E-state index contributed by atoms with van der Waals surface area (Å²) in [6.07, 6.45) is 7.01. The summed E-state index contributed by atoms with van der Waals surface area (Å²) in [5.41, 5.74) is 4.36. The van der Waals surface area contributed by atoms with Crippen LogP contribution in [0, 0.1) is 0 Å². The minimum Gasteiger partial charge on any atom is -0.335 e. The zero-order chi connectivity index (χ0) is 18.2.